The summed E-state index contributed by atoms with van der Waals surface area (Å²) >= 11 is 6.04. The summed E-state index contributed by atoms with van der Waals surface area (Å²) < 4.78 is 20.3. The van der Waals surface area contributed by atoms with Crippen LogP contribution in [0.1, 0.15) is 35.7 Å². The topological polar surface area (TPSA) is 89.1 Å². The van der Waals surface area contributed by atoms with Crippen molar-refractivity contribution in [2.24, 2.45) is 5.92 Å². The Balaban J connectivity index is 1.42. The van der Waals surface area contributed by atoms with Crippen molar-refractivity contribution in [3.05, 3.63) is 64.7 Å². The van der Waals surface area contributed by atoms with E-state index in [0.29, 0.717) is 46.5 Å². The molecular formula is C24H24ClFN6O2. The average molecular weight is 483 g/mol. The van der Waals surface area contributed by atoms with Gasteiger partial charge in [0, 0.05) is 24.2 Å². The monoisotopic (exact) mass is 482 g/mol. The van der Waals surface area contributed by atoms with Crippen molar-refractivity contribution in [3.8, 4) is 5.69 Å². The second kappa shape index (κ2) is 9.06. The van der Waals surface area contributed by atoms with Crippen molar-refractivity contribution in [1.29, 1.82) is 0 Å². The molecule has 0 saturated carbocycles. The number of carbonyl (C=O) groups excluding carboxylic acids is 1. The van der Waals surface area contributed by atoms with Crippen LogP contribution in [0.15, 0.2) is 47.1 Å². The Labute approximate surface area is 200 Å². The van der Waals surface area contributed by atoms with Gasteiger partial charge < -0.3 is 14.6 Å². The first-order valence-electron chi connectivity index (χ1n) is 11.2. The van der Waals surface area contributed by atoms with E-state index in [1.54, 1.807) is 36.1 Å². The van der Waals surface area contributed by atoms with E-state index >= 15 is 0 Å². The maximum atomic E-state index is 14.5. The number of oxazole rings is 1. The van der Waals surface area contributed by atoms with E-state index < -0.39 is 5.82 Å². The molecule has 0 radical (unpaired) electrons. The fourth-order valence-corrected chi connectivity index (χ4v) is 4.64. The summed E-state index contributed by atoms with van der Waals surface area (Å²) in [5.74, 6) is -0.469. The molecule has 1 N–H and O–H groups in total. The number of hydrogen-bond acceptors (Lipinski definition) is 6. The highest BCUT2D eigenvalue weighted by Gasteiger charge is 2.34. The number of nitrogens with one attached hydrogen (secondary N) is 1. The molecule has 2 unspecified atom stereocenters. The lowest BCUT2D eigenvalue weighted by atomic mass is 9.90. The SMILES string of the molecule is Cc1cc(-n2nccn2)c(C(=O)N2CCCC(C)C2CNc2nc3ccc(Cl)cc3o2)cc1F. The molecule has 34 heavy (non-hydrogen) atoms. The predicted octanol–water partition coefficient (Wildman–Crippen LogP) is 4.86. The standard InChI is InChI=1S/C24H24ClFN6O2/c1-14-4-3-9-31(21(14)13-27-24-30-19-6-5-16(25)11-22(19)34-24)23(33)17-12-18(26)15(2)10-20(17)32-28-7-8-29-32/h5-8,10-12,14,21H,3-4,9,13H2,1-2H3,(H,27,30). The fourth-order valence-electron chi connectivity index (χ4n) is 4.48. The van der Waals surface area contributed by atoms with Gasteiger partial charge in [0.05, 0.1) is 29.7 Å². The van der Waals surface area contributed by atoms with Gasteiger partial charge in [-0.15, -0.1) is 0 Å². The zero-order chi connectivity index (χ0) is 23.8. The predicted molar refractivity (Wildman–Crippen MR) is 127 cm³/mol. The third-order valence-electron chi connectivity index (χ3n) is 6.33. The largest absolute Gasteiger partial charge is 0.424 e. The first-order valence-corrected chi connectivity index (χ1v) is 11.6. The Morgan fingerprint density at radius 1 is 1.26 bits per heavy atom. The van der Waals surface area contributed by atoms with Gasteiger partial charge in [-0.3, -0.25) is 4.79 Å². The number of halogens is 2. The molecule has 10 heteroatoms. The minimum atomic E-state index is -0.441. The molecule has 5 rings (SSSR count). The molecule has 2 atom stereocenters. The molecule has 1 aliphatic rings. The molecule has 8 nitrogen and oxygen atoms in total. The quantitative estimate of drug-likeness (QED) is 0.437. The van der Waals surface area contributed by atoms with Gasteiger partial charge in [-0.25, -0.2) is 4.39 Å². The molecule has 2 aromatic carbocycles. The summed E-state index contributed by atoms with van der Waals surface area (Å²) in [6.07, 6.45) is 4.90. The minimum absolute atomic E-state index is 0.136. The number of piperidine rings is 1. The molecule has 1 aliphatic heterocycles. The second-order valence-electron chi connectivity index (χ2n) is 8.63. The molecular weight excluding hydrogens is 459 g/mol. The van der Waals surface area contributed by atoms with Crippen LogP contribution in [-0.4, -0.2) is 49.9 Å². The smallest absolute Gasteiger partial charge is 0.295 e. The van der Waals surface area contributed by atoms with Gasteiger partial charge in [-0.05, 0) is 55.5 Å². The lowest BCUT2D eigenvalue weighted by Gasteiger charge is -2.40. The summed E-state index contributed by atoms with van der Waals surface area (Å²) in [6, 6.07) is 8.38. The summed E-state index contributed by atoms with van der Waals surface area (Å²) in [7, 11) is 0. The lowest BCUT2D eigenvalue weighted by molar-refractivity contribution is 0.0538. The molecule has 1 saturated heterocycles. The number of fused-ring (bicyclic) bond motifs is 1. The van der Waals surface area contributed by atoms with Crippen LogP contribution in [0.2, 0.25) is 5.02 Å². The summed E-state index contributed by atoms with van der Waals surface area (Å²) in [5.41, 5.74) is 2.39. The highest BCUT2D eigenvalue weighted by Crippen LogP contribution is 2.29. The van der Waals surface area contributed by atoms with E-state index in [1.165, 1.54) is 23.3 Å². The molecule has 0 spiro atoms. The molecule has 4 aromatic rings. The average Bonchev–Trinajstić information content (AvgIpc) is 3.49. The Morgan fingerprint density at radius 2 is 2.06 bits per heavy atom. The van der Waals surface area contributed by atoms with Gasteiger partial charge in [0.25, 0.3) is 11.9 Å². The van der Waals surface area contributed by atoms with E-state index in [2.05, 4.69) is 27.4 Å². The number of rotatable bonds is 5. The number of anilines is 1. The number of likely N-dealkylation sites (tertiary alicyclic amines) is 1. The molecule has 176 valence electrons. The summed E-state index contributed by atoms with van der Waals surface area (Å²) in [4.78, 5) is 21.3. The van der Waals surface area contributed by atoms with Crippen molar-refractivity contribution in [2.45, 2.75) is 32.7 Å². The van der Waals surface area contributed by atoms with Crippen LogP contribution in [-0.2, 0) is 0 Å². The third-order valence-corrected chi connectivity index (χ3v) is 6.57. The fraction of sp³-hybridized carbons (Fsp3) is 0.333. The Bertz CT molecular complexity index is 1340. The van der Waals surface area contributed by atoms with Gasteiger partial charge >= 0.3 is 0 Å². The zero-order valence-corrected chi connectivity index (χ0v) is 19.6. The molecule has 2 aromatic heterocycles. The summed E-state index contributed by atoms with van der Waals surface area (Å²) in [5, 5.41) is 12.1. The summed E-state index contributed by atoms with van der Waals surface area (Å²) in [6.45, 7) is 4.78. The number of benzene rings is 2. The number of aryl methyl sites for hydroxylation is 1. The van der Waals surface area contributed by atoms with Crippen LogP contribution in [0.3, 0.4) is 0 Å². The van der Waals surface area contributed by atoms with E-state index in [9.17, 15) is 9.18 Å². The van der Waals surface area contributed by atoms with Gasteiger partial charge in [0.2, 0.25) is 0 Å². The molecule has 1 amide bonds. The van der Waals surface area contributed by atoms with Crippen LogP contribution in [0.4, 0.5) is 10.4 Å². The van der Waals surface area contributed by atoms with Crippen molar-refractivity contribution in [3.63, 3.8) is 0 Å². The molecule has 0 bridgehead atoms. The minimum Gasteiger partial charge on any atom is -0.424 e. The van der Waals surface area contributed by atoms with E-state index in [1.807, 2.05) is 0 Å². The molecule has 3 heterocycles. The van der Waals surface area contributed by atoms with Crippen LogP contribution in [0.5, 0.6) is 0 Å². The number of aromatic nitrogens is 4. The molecule has 0 aliphatic carbocycles. The number of nitrogens with zero attached hydrogens (tertiary/aromatic N) is 5. The highest BCUT2D eigenvalue weighted by molar-refractivity contribution is 6.31. The Kier molecular flexibility index (Phi) is 5.95. The van der Waals surface area contributed by atoms with Crippen LogP contribution in [0.25, 0.3) is 16.8 Å². The Morgan fingerprint density at radius 3 is 2.85 bits per heavy atom. The van der Waals surface area contributed by atoms with Crippen LogP contribution >= 0.6 is 11.6 Å². The van der Waals surface area contributed by atoms with Gasteiger partial charge in [0.1, 0.15) is 11.3 Å². The maximum absolute atomic E-state index is 14.5. The third kappa shape index (κ3) is 4.23. The first kappa shape index (κ1) is 22.3. The van der Waals surface area contributed by atoms with E-state index in [-0.39, 0.29) is 23.4 Å². The Hall–Kier alpha value is -3.46. The first-order chi connectivity index (χ1) is 16.4. The van der Waals surface area contributed by atoms with Crippen molar-refractivity contribution in [1.82, 2.24) is 24.9 Å². The van der Waals surface area contributed by atoms with Crippen LogP contribution < -0.4 is 5.32 Å². The van der Waals surface area contributed by atoms with Crippen molar-refractivity contribution < 1.29 is 13.6 Å². The second-order valence-corrected chi connectivity index (χ2v) is 9.07. The van der Waals surface area contributed by atoms with E-state index in [0.717, 1.165) is 12.8 Å². The van der Waals surface area contributed by atoms with Crippen LogP contribution in [0, 0.1) is 18.7 Å². The maximum Gasteiger partial charge on any atom is 0.295 e. The van der Waals surface area contributed by atoms with Gasteiger partial charge in [-0.2, -0.15) is 20.0 Å². The number of amides is 1. The molecule has 1 fully saturated rings. The van der Waals surface area contributed by atoms with Crippen molar-refractivity contribution in [2.75, 3.05) is 18.4 Å². The van der Waals surface area contributed by atoms with Gasteiger partial charge in [0.15, 0.2) is 5.58 Å². The lowest BCUT2D eigenvalue weighted by Crippen LogP contribution is -2.51. The number of carbonyl (C=O) groups is 1. The van der Waals surface area contributed by atoms with Gasteiger partial charge in [-0.1, -0.05) is 18.5 Å². The normalized spacial score (nSPS) is 18.4. The number of hydrogen-bond donors (Lipinski definition) is 1. The van der Waals surface area contributed by atoms with E-state index in [4.69, 9.17) is 16.0 Å². The van der Waals surface area contributed by atoms with Crippen molar-refractivity contribution >= 4 is 34.6 Å². The highest BCUT2D eigenvalue weighted by atomic mass is 35.5. The zero-order valence-electron chi connectivity index (χ0n) is 18.8.